The Labute approximate surface area is 167 Å². The summed E-state index contributed by atoms with van der Waals surface area (Å²) in [6, 6.07) is 7.82. The summed E-state index contributed by atoms with van der Waals surface area (Å²) < 4.78 is 5.54. The van der Waals surface area contributed by atoms with Crippen LogP contribution in [-0.2, 0) is 0 Å². The minimum absolute atomic E-state index is 0.0192. The van der Waals surface area contributed by atoms with E-state index in [2.05, 4.69) is 10.6 Å². The van der Waals surface area contributed by atoms with Crippen molar-refractivity contribution in [2.45, 2.75) is 43.9 Å². The molecule has 1 heterocycles. The van der Waals surface area contributed by atoms with Gasteiger partial charge >= 0.3 is 0 Å². The first-order valence-electron chi connectivity index (χ1n) is 9.17. The van der Waals surface area contributed by atoms with Gasteiger partial charge in [-0.25, -0.2) is 0 Å². The molecule has 1 saturated carbocycles. The fourth-order valence-corrected chi connectivity index (χ4v) is 3.53. The molecule has 28 heavy (non-hydrogen) atoms. The molecule has 1 fully saturated rings. The van der Waals surface area contributed by atoms with Gasteiger partial charge in [0.2, 0.25) is 0 Å². The molecule has 4 N–H and O–H groups in total. The van der Waals surface area contributed by atoms with Crippen LogP contribution in [0.15, 0.2) is 34.7 Å². The van der Waals surface area contributed by atoms with Gasteiger partial charge in [0.15, 0.2) is 11.5 Å². The van der Waals surface area contributed by atoms with E-state index >= 15 is 0 Å². The molecule has 0 spiro atoms. The topological polar surface area (TPSA) is 112 Å². The highest BCUT2D eigenvalue weighted by Gasteiger charge is 2.29. The zero-order chi connectivity index (χ0) is 20.3. The zero-order valence-corrected chi connectivity index (χ0v) is 16.2. The summed E-state index contributed by atoms with van der Waals surface area (Å²) in [4.78, 5) is 24.8. The van der Waals surface area contributed by atoms with E-state index in [9.17, 15) is 19.8 Å². The van der Waals surface area contributed by atoms with Gasteiger partial charge < -0.3 is 25.3 Å². The van der Waals surface area contributed by atoms with E-state index < -0.39 is 17.9 Å². The lowest BCUT2D eigenvalue weighted by Gasteiger charge is -2.26. The number of carbonyl (C=O) groups excluding carboxylic acids is 2. The lowest BCUT2D eigenvalue weighted by atomic mass is 9.93. The van der Waals surface area contributed by atoms with Gasteiger partial charge in [0.25, 0.3) is 11.8 Å². The van der Waals surface area contributed by atoms with Crippen LogP contribution in [0.3, 0.4) is 0 Å². The van der Waals surface area contributed by atoms with Gasteiger partial charge in [0.1, 0.15) is 6.10 Å². The Bertz CT molecular complexity index is 858. The van der Waals surface area contributed by atoms with Gasteiger partial charge in [0, 0.05) is 24.2 Å². The molecule has 1 aromatic heterocycles. The highest BCUT2D eigenvalue weighted by atomic mass is 35.5. The Balaban J connectivity index is 1.89. The van der Waals surface area contributed by atoms with Gasteiger partial charge in [-0.2, -0.15) is 0 Å². The van der Waals surface area contributed by atoms with Crippen LogP contribution in [0.4, 0.5) is 0 Å². The number of nitrogens with one attached hydrogen (secondary N) is 2. The number of aliphatic hydroxyl groups is 2. The number of carbonyl (C=O) groups is 2. The van der Waals surface area contributed by atoms with E-state index in [0.29, 0.717) is 36.3 Å². The molecule has 7 nitrogen and oxygen atoms in total. The molecule has 0 bridgehead atoms. The first kappa shape index (κ1) is 20.4. The minimum atomic E-state index is -1.26. The fourth-order valence-electron chi connectivity index (χ4n) is 3.33. The van der Waals surface area contributed by atoms with E-state index in [0.717, 1.165) is 0 Å². The van der Waals surface area contributed by atoms with Crippen LogP contribution in [0.25, 0.3) is 0 Å². The average Bonchev–Trinajstić information content (AvgIpc) is 3.14. The minimum Gasteiger partial charge on any atom is -0.452 e. The van der Waals surface area contributed by atoms with Crippen LogP contribution in [-0.4, -0.2) is 41.2 Å². The van der Waals surface area contributed by atoms with Crippen LogP contribution < -0.4 is 10.6 Å². The second-order valence-corrected chi connectivity index (χ2v) is 7.34. The monoisotopic (exact) mass is 406 g/mol. The van der Waals surface area contributed by atoms with E-state index in [-0.39, 0.29) is 29.2 Å². The van der Waals surface area contributed by atoms with E-state index in [4.69, 9.17) is 16.0 Å². The number of aliphatic hydroxyl groups excluding tert-OH is 2. The number of benzene rings is 1. The molecule has 1 aromatic carbocycles. The van der Waals surface area contributed by atoms with Crippen LogP contribution in [0, 0.1) is 0 Å². The molecule has 1 unspecified atom stereocenters. The highest BCUT2D eigenvalue weighted by molar-refractivity contribution is 6.30. The lowest BCUT2D eigenvalue weighted by molar-refractivity contribution is 0.0858. The van der Waals surface area contributed by atoms with Crippen molar-refractivity contribution in [1.82, 2.24) is 10.6 Å². The molecular weight excluding hydrogens is 384 g/mol. The molecule has 1 atom stereocenters. The SMILES string of the molecule is CNC(=O)c1cc(C(=O)NC2CCC(O)CC2)c(C(O)c2cccc(Cl)c2)o1. The van der Waals surface area contributed by atoms with Crippen molar-refractivity contribution in [3.05, 3.63) is 58.0 Å². The number of hydrogen-bond donors (Lipinski definition) is 4. The maximum absolute atomic E-state index is 12.8. The maximum atomic E-state index is 12.8. The summed E-state index contributed by atoms with van der Waals surface area (Å²) in [7, 11) is 1.45. The Morgan fingerprint density at radius 1 is 1.18 bits per heavy atom. The first-order valence-corrected chi connectivity index (χ1v) is 9.55. The molecule has 1 aliphatic rings. The van der Waals surface area contributed by atoms with Crippen LogP contribution >= 0.6 is 11.6 Å². The molecule has 150 valence electrons. The van der Waals surface area contributed by atoms with E-state index in [1.807, 2.05) is 0 Å². The smallest absolute Gasteiger partial charge is 0.286 e. The van der Waals surface area contributed by atoms with Gasteiger partial charge in [-0.15, -0.1) is 0 Å². The molecule has 0 radical (unpaired) electrons. The Hall–Kier alpha value is -2.35. The third-order valence-corrected chi connectivity index (χ3v) is 5.14. The number of furan rings is 1. The molecule has 8 heteroatoms. The van der Waals surface area contributed by atoms with Crippen molar-refractivity contribution in [2.75, 3.05) is 7.05 Å². The summed E-state index contributed by atoms with van der Waals surface area (Å²) in [6.45, 7) is 0. The Morgan fingerprint density at radius 2 is 1.89 bits per heavy atom. The second-order valence-electron chi connectivity index (χ2n) is 6.90. The van der Waals surface area contributed by atoms with Crippen molar-refractivity contribution in [2.24, 2.45) is 0 Å². The Morgan fingerprint density at radius 3 is 2.54 bits per heavy atom. The predicted molar refractivity (Wildman–Crippen MR) is 103 cm³/mol. The number of halogens is 1. The molecular formula is C20H23ClN2O5. The standard InChI is InChI=1S/C20H23ClN2O5/c1-22-20(27)16-10-15(19(26)23-13-5-7-14(24)8-6-13)18(28-16)17(25)11-3-2-4-12(21)9-11/h2-4,9-10,13-14,17,24-25H,5-8H2,1H3,(H,22,27)(H,23,26). The van der Waals surface area contributed by atoms with E-state index in [1.54, 1.807) is 24.3 Å². The molecule has 0 aliphatic heterocycles. The largest absolute Gasteiger partial charge is 0.452 e. The first-order chi connectivity index (χ1) is 13.4. The average molecular weight is 407 g/mol. The highest BCUT2D eigenvalue weighted by Crippen LogP contribution is 2.30. The van der Waals surface area contributed by atoms with Crippen molar-refractivity contribution in [3.63, 3.8) is 0 Å². The lowest BCUT2D eigenvalue weighted by Crippen LogP contribution is -2.38. The molecule has 1 aliphatic carbocycles. The summed E-state index contributed by atoms with van der Waals surface area (Å²) in [5, 5.41) is 26.2. The second kappa shape index (κ2) is 8.77. The van der Waals surface area contributed by atoms with Gasteiger partial charge in [0.05, 0.1) is 11.7 Å². The van der Waals surface area contributed by atoms with Crippen LogP contribution in [0.5, 0.6) is 0 Å². The van der Waals surface area contributed by atoms with Crippen molar-refractivity contribution < 1.29 is 24.2 Å². The number of rotatable bonds is 5. The maximum Gasteiger partial charge on any atom is 0.286 e. The van der Waals surface area contributed by atoms with Crippen molar-refractivity contribution in [3.8, 4) is 0 Å². The number of hydrogen-bond acceptors (Lipinski definition) is 5. The quantitative estimate of drug-likeness (QED) is 0.609. The normalized spacial score (nSPS) is 20.4. The molecule has 2 amide bonds. The summed E-state index contributed by atoms with van der Waals surface area (Å²) >= 11 is 5.99. The third kappa shape index (κ3) is 4.55. The Kier molecular flexibility index (Phi) is 6.39. The fraction of sp³-hybridized carbons (Fsp3) is 0.400. The zero-order valence-electron chi connectivity index (χ0n) is 15.4. The van der Waals surface area contributed by atoms with Gasteiger partial charge in [-0.1, -0.05) is 23.7 Å². The number of amides is 2. The molecule has 0 saturated heterocycles. The van der Waals surface area contributed by atoms with Crippen LogP contribution in [0.2, 0.25) is 5.02 Å². The molecule has 2 aromatic rings. The van der Waals surface area contributed by atoms with Gasteiger partial charge in [-0.3, -0.25) is 9.59 Å². The summed E-state index contributed by atoms with van der Waals surface area (Å²) in [6.07, 6.45) is 0.988. The van der Waals surface area contributed by atoms with Crippen LogP contribution in [0.1, 0.15) is 64.0 Å². The summed E-state index contributed by atoms with van der Waals surface area (Å²) in [5.74, 6) is -1.02. The van der Waals surface area contributed by atoms with Gasteiger partial charge in [-0.05, 0) is 43.4 Å². The van der Waals surface area contributed by atoms with Crippen molar-refractivity contribution >= 4 is 23.4 Å². The molecule has 3 rings (SSSR count). The summed E-state index contributed by atoms with van der Waals surface area (Å²) in [5.41, 5.74) is 0.539. The third-order valence-electron chi connectivity index (χ3n) is 4.90. The van der Waals surface area contributed by atoms with Crippen molar-refractivity contribution in [1.29, 1.82) is 0 Å². The van der Waals surface area contributed by atoms with E-state index in [1.165, 1.54) is 13.1 Å². The predicted octanol–water partition coefficient (Wildman–Crippen LogP) is 2.41.